The number of hydrogen-bond acceptors (Lipinski definition) is 4. The van der Waals surface area contributed by atoms with E-state index in [2.05, 4.69) is 5.10 Å². The van der Waals surface area contributed by atoms with Crippen LogP contribution in [0.15, 0.2) is 41.4 Å². The minimum Gasteiger partial charge on any atom is -0.445 e. The van der Waals surface area contributed by atoms with Gasteiger partial charge in [-0.15, -0.1) is 11.8 Å². The summed E-state index contributed by atoms with van der Waals surface area (Å²) in [5.41, 5.74) is 1.01. The molecule has 1 saturated heterocycles. The summed E-state index contributed by atoms with van der Waals surface area (Å²) >= 11 is 7.68. The van der Waals surface area contributed by atoms with Gasteiger partial charge in [-0.05, 0) is 24.3 Å². The number of benzene rings is 1. The molecular weight excluding hydrogens is 358 g/mol. The molecule has 0 spiro atoms. The molecule has 0 bridgehead atoms. The number of aromatic nitrogens is 2. The van der Waals surface area contributed by atoms with Gasteiger partial charge in [0.25, 0.3) is 0 Å². The number of hydrogen-bond donors (Lipinski definition) is 0. The minimum absolute atomic E-state index is 0.214. The van der Waals surface area contributed by atoms with E-state index in [0.717, 1.165) is 42.3 Å². The lowest BCUT2D eigenvalue weighted by atomic mass is 9.99. The maximum Gasteiger partial charge on any atom is 0.410 e. The van der Waals surface area contributed by atoms with Gasteiger partial charge in [0.2, 0.25) is 0 Å². The molecule has 0 saturated carbocycles. The van der Waals surface area contributed by atoms with Crippen LogP contribution >= 0.6 is 23.4 Å². The number of piperidine rings is 1. The van der Waals surface area contributed by atoms with Crippen molar-refractivity contribution in [1.29, 1.82) is 0 Å². The van der Waals surface area contributed by atoms with E-state index in [0.29, 0.717) is 17.7 Å². The van der Waals surface area contributed by atoms with Gasteiger partial charge in [0.15, 0.2) is 5.15 Å². The SMILES string of the molecule is Cn1nc(Cl)cc1SCC1CCN(C(=O)OCc2ccccc2)CC1. The highest BCUT2D eigenvalue weighted by molar-refractivity contribution is 7.99. The predicted octanol–water partition coefficient (Wildman–Crippen LogP) is 4.21. The molecule has 2 heterocycles. The number of halogens is 1. The minimum atomic E-state index is -0.214. The Balaban J connectivity index is 1.39. The Morgan fingerprint density at radius 2 is 2.04 bits per heavy atom. The molecule has 0 N–H and O–H groups in total. The molecule has 1 aromatic carbocycles. The highest BCUT2D eigenvalue weighted by atomic mass is 35.5. The van der Waals surface area contributed by atoms with Gasteiger partial charge in [-0.2, -0.15) is 5.10 Å². The maximum absolute atomic E-state index is 12.2. The summed E-state index contributed by atoms with van der Waals surface area (Å²) in [7, 11) is 1.90. The molecule has 134 valence electrons. The molecule has 1 aromatic heterocycles. The van der Waals surface area contributed by atoms with Crippen LogP contribution in [0.2, 0.25) is 5.15 Å². The molecule has 3 rings (SSSR count). The Morgan fingerprint density at radius 3 is 2.68 bits per heavy atom. The monoisotopic (exact) mass is 379 g/mol. The molecule has 1 fully saturated rings. The van der Waals surface area contributed by atoms with Crippen LogP contribution in [0.1, 0.15) is 18.4 Å². The third-order valence-corrected chi connectivity index (χ3v) is 5.85. The Kier molecular flexibility index (Phi) is 6.26. The van der Waals surface area contributed by atoms with Crippen LogP contribution in [0.3, 0.4) is 0 Å². The summed E-state index contributed by atoms with van der Waals surface area (Å²) in [6, 6.07) is 11.7. The van der Waals surface area contributed by atoms with Gasteiger partial charge in [-0.3, -0.25) is 4.68 Å². The highest BCUT2D eigenvalue weighted by Crippen LogP contribution is 2.28. The van der Waals surface area contributed by atoms with E-state index < -0.39 is 0 Å². The first-order chi connectivity index (χ1) is 12.1. The van der Waals surface area contributed by atoms with Crippen LogP contribution in [-0.2, 0) is 18.4 Å². The van der Waals surface area contributed by atoms with Crippen molar-refractivity contribution in [2.75, 3.05) is 18.8 Å². The Labute approximate surface area is 157 Å². The summed E-state index contributed by atoms with van der Waals surface area (Å²) in [5, 5.41) is 5.75. The number of likely N-dealkylation sites (tertiary alicyclic amines) is 1. The molecule has 1 aliphatic heterocycles. The summed E-state index contributed by atoms with van der Waals surface area (Å²) < 4.78 is 7.21. The largest absolute Gasteiger partial charge is 0.445 e. The predicted molar refractivity (Wildman–Crippen MR) is 99.9 cm³/mol. The molecule has 0 atom stereocenters. The van der Waals surface area contributed by atoms with Gasteiger partial charge in [0, 0.05) is 32.0 Å². The average Bonchev–Trinajstić information content (AvgIpc) is 2.96. The van der Waals surface area contributed by atoms with Crippen LogP contribution in [0, 0.1) is 5.92 Å². The Bertz CT molecular complexity index is 700. The van der Waals surface area contributed by atoms with Gasteiger partial charge < -0.3 is 9.64 Å². The van der Waals surface area contributed by atoms with Gasteiger partial charge in [0.05, 0.1) is 5.03 Å². The lowest BCUT2D eigenvalue weighted by Gasteiger charge is -2.31. The van der Waals surface area contributed by atoms with Gasteiger partial charge in [0.1, 0.15) is 6.61 Å². The van der Waals surface area contributed by atoms with Crippen molar-refractivity contribution in [2.24, 2.45) is 13.0 Å². The molecule has 0 radical (unpaired) electrons. The highest BCUT2D eigenvalue weighted by Gasteiger charge is 2.24. The molecule has 2 aromatic rings. The third-order valence-electron chi connectivity index (χ3n) is 4.35. The first kappa shape index (κ1) is 18.1. The summed E-state index contributed by atoms with van der Waals surface area (Å²) in [6.45, 7) is 1.84. The summed E-state index contributed by atoms with van der Waals surface area (Å²) in [5.74, 6) is 1.61. The van der Waals surface area contributed by atoms with Gasteiger partial charge in [-0.25, -0.2) is 4.79 Å². The lowest BCUT2D eigenvalue weighted by molar-refractivity contribution is 0.0840. The Hall–Kier alpha value is -1.66. The summed E-state index contributed by atoms with van der Waals surface area (Å²) in [6.07, 6.45) is 1.78. The molecule has 0 aliphatic carbocycles. The maximum atomic E-state index is 12.2. The van der Waals surface area contributed by atoms with Crippen molar-refractivity contribution in [3.63, 3.8) is 0 Å². The van der Waals surface area contributed by atoms with Crippen molar-refractivity contribution >= 4 is 29.5 Å². The molecule has 1 amide bonds. The van der Waals surface area contributed by atoms with Crippen molar-refractivity contribution in [2.45, 2.75) is 24.5 Å². The fourth-order valence-electron chi connectivity index (χ4n) is 2.85. The van der Waals surface area contributed by atoms with E-state index in [1.54, 1.807) is 11.8 Å². The average molecular weight is 380 g/mol. The van der Waals surface area contributed by atoms with Crippen molar-refractivity contribution in [3.05, 3.63) is 47.1 Å². The number of amides is 1. The molecule has 7 heteroatoms. The quantitative estimate of drug-likeness (QED) is 0.730. The normalized spacial score (nSPS) is 15.4. The number of nitrogens with zero attached hydrogens (tertiary/aromatic N) is 3. The molecule has 5 nitrogen and oxygen atoms in total. The van der Waals surface area contributed by atoms with Crippen LogP contribution in [0.4, 0.5) is 4.79 Å². The summed E-state index contributed by atoms with van der Waals surface area (Å²) in [4.78, 5) is 14.0. The van der Waals surface area contributed by atoms with Gasteiger partial charge in [-0.1, -0.05) is 41.9 Å². The van der Waals surface area contributed by atoms with E-state index >= 15 is 0 Å². The number of rotatable bonds is 5. The van der Waals surface area contributed by atoms with Crippen molar-refractivity contribution in [3.8, 4) is 0 Å². The molecular formula is C18H22ClN3O2S. The van der Waals surface area contributed by atoms with Crippen molar-refractivity contribution in [1.82, 2.24) is 14.7 Å². The van der Waals surface area contributed by atoms with Crippen molar-refractivity contribution < 1.29 is 9.53 Å². The van der Waals surface area contributed by atoms with E-state index in [9.17, 15) is 4.79 Å². The number of aryl methyl sites for hydroxylation is 1. The first-order valence-electron chi connectivity index (χ1n) is 8.40. The number of carbonyl (C=O) groups excluding carboxylic acids is 1. The smallest absolute Gasteiger partial charge is 0.410 e. The second-order valence-corrected chi connectivity index (χ2v) is 7.64. The van der Waals surface area contributed by atoms with Crippen LogP contribution in [0.5, 0.6) is 0 Å². The first-order valence-corrected chi connectivity index (χ1v) is 9.76. The topological polar surface area (TPSA) is 47.4 Å². The van der Waals surface area contributed by atoms with Crippen LogP contribution in [-0.4, -0.2) is 39.6 Å². The fraction of sp³-hybridized carbons (Fsp3) is 0.444. The zero-order valence-electron chi connectivity index (χ0n) is 14.2. The fourth-order valence-corrected chi connectivity index (χ4v) is 4.29. The second kappa shape index (κ2) is 8.63. The standard InChI is InChI=1S/C18H22ClN3O2S/c1-21-17(11-16(19)20-21)25-13-15-7-9-22(10-8-15)18(23)24-12-14-5-3-2-4-6-14/h2-6,11,15H,7-10,12-13H2,1H3. The van der Waals surface area contributed by atoms with Crippen LogP contribution in [0.25, 0.3) is 0 Å². The van der Waals surface area contributed by atoms with Gasteiger partial charge >= 0.3 is 6.09 Å². The number of thioether (sulfide) groups is 1. The molecule has 0 unspecified atom stereocenters. The lowest BCUT2D eigenvalue weighted by Crippen LogP contribution is -2.39. The number of carbonyl (C=O) groups is 1. The number of ether oxygens (including phenoxy) is 1. The van der Waals surface area contributed by atoms with Crippen LogP contribution < -0.4 is 0 Å². The second-order valence-electron chi connectivity index (χ2n) is 6.21. The van der Waals surface area contributed by atoms with E-state index in [1.807, 2.05) is 53.0 Å². The van der Waals surface area contributed by atoms with E-state index in [4.69, 9.17) is 16.3 Å². The Morgan fingerprint density at radius 1 is 1.32 bits per heavy atom. The molecule has 25 heavy (non-hydrogen) atoms. The van der Waals surface area contributed by atoms with E-state index in [-0.39, 0.29) is 6.09 Å². The van der Waals surface area contributed by atoms with E-state index in [1.165, 1.54) is 0 Å². The third kappa shape index (κ3) is 5.16. The zero-order valence-corrected chi connectivity index (χ0v) is 15.8. The zero-order chi connectivity index (χ0) is 17.6. The molecule has 1 aliphatic rings.